The molecule has 3 N–H and O–H groups in total. The molecule has 34 heavy (non-hydrogen) atoms. The number of aliphatic carboxylic acids is 1. The molecular formula is C24H30N2O7S. The number of rotatable bonds is 9. The number of sulfonamides is 1. The number of hydrogen-bond donors (Lipinski definition) is 3. The Bertz CT molecular complexity index is 1150. The van der Waals surface area contributed by atoms with Gasteiger partial charge in [0.25, 0.3) is 15.9 Å². The number of nitrogens with one attached hydrogen (secondary N) is 2. The molecule has 10 heteroatoms. The zero-order valence-corrected chi connectivity index (χ0v) is 20.6. The first-order chi connectivity index (χ1) is 15.7. The van der Waals surface area contributed by atoms with Gasteiger partial charge in [-0.3, -0.25) is 14.3 Å². The standard InChI is InChI=1S/C24H30N2O7S/c1-15(2)14-20(22(28)29)25-21(27)18-8-6-7-9-19(18)26-34(31,32)17-12-10-16(11-13-17)33-23(30)24(3,4)5/h6-13,15,20,26H,14H2,1-5H3,(H,25,27)(H,28,29)/t20-/m0/s1. The molecule has 0 aromatic heterocycles. The first kappa shape index (κ1) is 26.8. The van der Waals surface area contributed by atoms with Crippen molar-refractivity contribution in [2.24, 2.45) is 11.3 Å². The Balaban J connectivity index is 2.23. The third kappa shape index (κ3) is 7.31. The highest BCUT2D eigenvalue weighted by Crippen LogP contribution is 2.24. The van der Waals surface area contributed by atoms with Gasteiger partial charge in [0.05, 0.1) is 21.6 Å². The molecule has 1 amide bonds. The predicted molar refractivity (Wildman–Crippen MR) is 127 cm³/mol. The fourth-order valence-electron chi connectivity index (χ4n) is 2.85. The van der Waals surface area contributed by atoms with Gasteiger partial charge in [-0.1, -0.05) is 26.0 Å². The number of anilines is 1. The quantitative estimate of drug-likeness (QED) is 0.360. The summed E-state index contributed by atoms with van der Waals surface area (Å²) in [6.07, 6.45) is 0.223. The molecule has 0 saturated heterocycles. The second-order valence-electron chi connectivity index (χ2n) is 9.26. The zero-order valence-electron chi connectivity index (χ0n) is 19.8. The van der Waals surface area contributed by atoms with Crippen LogP contribution < -0.4 is 14.8 Å². The van der Waals surface area contributed by atoms with Crippen LogP contribution >= 0.6 is 0 Å². The molecule has 2 aromatic rings. The predicted octanol–water partition coefficient (Wildman–Crippen LogP) is 3.67. The van der Waals surface area contributed by atoms with Gasteiger partial charge in [0.2, 0.25) is 0 Å². The van der Waals surface area contributed by atoms with Gasteiger partial charge in [0.15, 0.2) is 0 Å². The van der Waals surface area contributed by atoms with Crippen molar-refractivity contribution >= 4 is 33.6 Å². The van der Waals surface area contributed by atoms with E-state index in [0.29, 0.717) is 0 Å². The zero-order chi connectivity index (χ0) is 25.7. The Labute approximate surface area is 199 Å². The number of benzene rings is 2. The third-order valence-corrected chi connectivity index (χ3v) is 6.06. The van der Waals surface area contributed by atoms with Gasteiger partial charge in [-0.05, 0) is 69.5 Å². The van der Waals surface area contributed by atoms with Gasteiger partial charge in [0.1, 0.15) is 11.8 Å². The molecule has 184 valence electrons. The van der Waals surface area contributed by atoms with Gasteiger partial charge < -0.3 is 15.2 Å². The van der Waals surface area contributed by atoms with Gasteiger partial charge in [-0.25, -0.2) is 13.2 Å². The number of carboxylic acids is 1. The van der Waals surface area contributed by atoms with E-state index >= 15 is 0 Å². The lowest BCUT2D eigenvalue weighted by Gasteiger charge is -2.18. The number of hydrogen-bond acceptors (Lipinski definition) is 6. The largest absolute Gasteiger partial charge is 0.480 e. The lowest BCUT2D eigenvalue weighted by molar-refractivity contribution is -0.143. The van der Waals surface area contributed by atoms with Gasteiger partial charge in [0, 0.05) is 0 Å². The van der Waals surface area contributed by atoms with Crippen LogP contribution in [-0.4, -0.2) is 37.4 Å². The van der Waals surface area contributed by atoms with Crippen molar-refractivity contribution in [2.45, 2.75) is 52.0 Å². The minimum Gasteiger partial charge on any atom is -0.480 e. The Hall–Kier alpha value is -3.40. The van der Waals surface area contributed by atoms with Gasteiger partial charge in [-0.2, -0.15) is 0 Å². The second kappa shape index (κ2) is 10.7. The number of carbonyl (C=O) groups excluding carboxylic acids is 2. The molecular weight excluding hydrogens is 460 g/mol. The third-order valence-electron chi connectivity index (χ3n) is 4.68. The van der Waals surface area contributed by atoms with E-state index in [1.54, 1.807) is 32.9 Å². The van der Waals surface area contributed by atoms with Crippen LogP contribution in [-0.2, 0) is 19.6 Å². The SMILES string of the molecule is CC(C)C[C@H](NC(=O)c1ccccc1NS(=O)(=O)c1ccc(OC(=O)C(C)(C)C)cc1)C(=O)O. The highest BCUT2D eigenvalue weighted by molar-refractivity contribution is 7.92. The average molecular weight is 491 g/mol. The molecule has 0 aliphatic carbocycles. The highest BCUT2D eigenvalue weighted by Gasteiger charge is 2.26. The fourth-order valence-corrected chi connectivity index (χ4v) is 3.93. The maximum atomic E-state index is 12.9. The topological polar surface area (TPSA) is 139 Å². The van der Waals surface area contributed by atoms with Crippen molar-refractivity contribution in [2.75, 3.05) is 4.72 Å². The van der Waals surface area contributed by atoms with E-state index < -0.39 is 39.3 Å². The second-order valence-corrected chi connectivity index (χ2v) is 10.9. The van der Waals surface area contributed by atoms with Crippen LogP contribution in [0.15, 0.2) is 53.4 Å². The smallest absolute Gasteiger partial charge is 0.326 e. The Morgan fingerprint density at radius 1 is 1.00 bits per heavy atom. The maximum absolute atomic E-state index is 12.9. The summed E-state index contributed by atoms with van der Waals surface area (Å²) in [5, 5.41) is 11.8. The minimum atomic E-state index is -4.09. The van der Waals surface area contributed by atoms with Gasteiger partial charge in [-0.15, -0.1) is 0 Å². The minimum absolute atomic E-state index is 0.00285. The van der Waals surface area contributed by atoms with E-state index in [1.807, 2.05) is 13.8 Å². The molecule has 0 spiro atoms. The van der Waals surface area contributed by atoms with Crippen LogP contribution in [0.1, 0.15) is 51.4 Å². The summed E-state index contributed by atoms with van der Waals surface area (Å²) in [5.41, 5.74) is -0.737. The normalized spacial score (nSPS) is 12.6. The van der Waals surface area contributed by atoms with Crippen LogP contribution in [0.25, 0.3) is 0 Å². The summed E-state index contributed by atoms with van der Waals surface area (Å²) < 4.78 is 33.4. The molecule has 0 aliphatic heterocycles. The Morgan fingerprint density at radius 2 is 1.59 bits per heavy atom. The molecule has 2 rings (SSSR count). The van der Waals surface area contributed by atoms with Crippen LogP contribution in [0, 0.1) is 11.3 Å². The monoisotopic (exact) mass is 490 g/mol. The van der Waals surface area contributed by atoms with E-state index in [9.17, 15) is 27.9 Å². The first-order valence-electron chi connectivity index (χ1n) is 10.7. The van der Waals surface area contributed by atoms with E-state index in [0.717, 1.165) is 0 Å². The van der Waals surface area contributed by atoms with E-state index in [-0.39, 0.29) is 34.2 Å². The van der Waals surface area contributed by atoms with Gasteiger partial charge >= 0.3 is 11.9 Å². The summed E-state index contributed by atoms with van der Waals surface area (Å²) in [7, 11) is -4.09. The Kier molecular flexibility index (Phi) is 8.44. The molecule has 0 heterocycles. The van der Waals surface area contributed by atoms with Crippen molar-refractivity contribution < 1.29 is 32.6 Å². The van der Waals surface area contributed by atoms with Crippen LogP contribution in [0.3, 0.4) is 0 Å². The summed E-state index contributed by atoms with van der Waals surface area (Å²) in [4.78, 5) is 36.1. The lowest BCUT2D eigenvalue weighted by atomic mass is 9.97. The average Bonchev–Trinajstić information content (AvgIpc) is 2.72. The van der Waals surface area contributed by atoms with Crippen molar-refractivity contribution in [3.8, 4) is 5.75 Å². The summed E-state index contributed by atoms with van der Waals surface area (Å²) >= 11 is 0. The molecule has 1 atom stereocenters. The first-order valence-corrected chi connectivity index (χ1v) is 12.2. The summed E-state index contributed by atoms with van der Waals surface area (Å²) in [6, 6.07) is 10.1. The lowest BCUT2D eigenvalue weighted by Crippen LogP contribution is -2.41. The van der Waals surface area contributed by atoms with Crippen molar-refractivity contribution in [1.82, 2.24) is 5.32 Å². The summed E-state index contributed by atoms with van der Waals surface area (Å²) in [5.74, 6) is -2.12. The molecule has 0 saturated carbocycles. The highest BCUT2D eigenvalue weighted by atomic mass is 32.2. The molecule has 0 fully saturated rings. The number of carboxylic acid groups (broad SMARTS) is 1. The van der Waals surface area contributed by atoms with Crippen molar-refractivity contribution in [1.29, 1.82) is 0 Å². The molecule has 0 radical (unpaired) electrons. The van der Waals surface area contributed by atoms with E-state index in [2.05, 4.69) is 10.0 Å². The van der Waals surface area contributed by atoms with Crippen LogP contribution in [0.5, 0.6) is 5.75 Å². The number of amides is 1. The maximum Gasteiger partial charge on any atom is 0.326 e. The van der Waals surface area contributed by atoms with Crippen molar-refractivity contribution in [3.05, 3.63) is 54.1 Å². The number of para-hydroxylation sites is 1. The number of ether oxygens (including phenoxy) is 1. The molecule has 0 aliphatic rings. The Morgan fingerprint density at radius 3 is 2.12 bits per heavy atom. The fraction of sp³-hybridized carbons (Fsp3) is 0.375. The van der Waals surface area contributed by atoms with E-state index in [1.165, 1.54) is 36.4 Å². The molecule has 2 aromatic carbocycles. The summed E-state index contributed by atoms with van der Waals surface area (Å²) in [6.45, 7) is 8.77. The number of esters is 1. The molecule has 0 bridgehead atoms. The van der Waals surface area contributed by atoms with Crippen LogP contribution in [0.4, 0.5) is 5.69 Å². The van der Waals surface area contributed by atoms with Crippen molar-refractivity contribution in [3.63, 3.8) is 0 Å². The molecule has 9 nitrogen and oxygen atoms in total. The van der Waals surface area contributed by atoms with E-state index in [4.69, 9.17) is 4.74 Å². The van der Waals surface area contributed by atoms with Crippen LogP contribution in [0.2, 0.25) is 0 Å². The number of carbonyl (C=O) groups is 3. The molecule has 0 unspecified atom stereocenters.